The largest absolute Gasteiger partial charge is 0.396 e. The number of aliphatic hydroxyl groups is 1. The highest BCUT2D eigenvalue weighted by Crippen LogP contribution is 2.30. The number of halogens is 2. The Kier molecular flexibility index (Phi) is 3.21. The van der Waals surface area contributed by atoms with Crippen molar-refractivity contribution >= 4 is 0 Å². The van der Waals surface area contributed by atoms with E-state index < -0.39 is 11.6 Å². The SMILES string of the molecule is CC(C)(F)C(CO)c1ccc(F)cc1. The molecule has 1 rings (SSSR count). The summed E-state index contributed by atoms with van der Waals surface area (Å²) in [6.07, 6.45) is 0. The molecule has 0 saturated carbocycles. The summed E-state index contributed by atoms with van der Waals surface area (Å²) in [5.41, 5.74) is -0.895. The van der Waals surface area contributed by atoms with Gasteiger partial charge in [0.1, 0.15) is 11.5 Å². The number of hydrogen-bond acceptors (Lipinski definition) is 1. The highest BCUT2D eigenvalue weighted by Gasteiger charge is 2.29. The van der Waals surface area contributed by atoms with Crippen LogP contribution in [0, 0.1) is 5.82 Å². The molecule has 0 aromatic heterocycles. The zero-order valence-corrected chi connectivity index (χ0v) is 8.30. The molecule has 1 nitrogen and oxygen atoms in total. The fourth-order valence-electron chi connectivity index (χ4n) is 1.41. The van der Waals surface area contributed by atoms with Gasteiger partial charge in [0.05, 0.1) is 6.61 Å². The van der Waals surface area contributed by atoms with E-state index in [1.807, 2.05) is 0 Å². The summed E-state index contributed by atoms with van der Waals surface area (Å²) >= 11 is 0. The highest BCUT2D eigenvalue weighted by molar-refractivity contribution is 5.23. The molecule has 0 fully saturated rings. The van der Waals surface area contributed by atoms with E-state index in [9.17, 15) is 8.78 Å². The van der Waals surface area contributed by atoms with Crippen molar-refractivity contribution in [2.75, 3.05) is 6.61 Å². The monoisotopic (exact) mass is 200 g/mol. The molecule has 0 saturated heterocycles. The minimum Gasteiger partial charge on any atom is -0.396 e. The molecular weight excluding hydrogens is 186 g/mol. The van der Waals surface area contributed by atoms with Gasteiger partial charge in [0.15, 0.2) is 0 Å². The molecule has 1 aromatic carbocycles. The molecule has 14 heavy (non-hydrogen) atoms. The zero-order chi connectivity index (χ0) is 10.8. The molecule has 3 heteroatoms. The Balaban J connectivity index is 2.96. The molecule has 0 aliphatic rings. The summed E-state index contributed by atoms with van der Waals surface area (Å²) in [6.45, 7) is 2.52. The average Bonchev–Trinajstić information content (AvgIpc) is 2.07. The minimum atomic E-state index is -1.51. The minimum absolute atomic E-state index is 0.283. The Morgan fingerprint density at radius 2 is 1.79 bits per heavy atom. The number of aliphatic hydroxyl groups excluding tert-OH is 1. The molecule has 0 aliphatic heterocycles. The maximum atomic E-state index is 13.6. The Morgan fingerprint density at radius 3 is 2.14 bits per heavy atom. The third-order valence-electron chi connectivity index (χ3n) is 2.28. The van der Waals surface area contributed by atoms with E-state index in [-0.39, 0.29) is 12.4 Å². The topological polar surface area (TPSA) is 20.2 Å². The summed E-state index contributed by atoms with van der Waals surface area (Å²) in [5, 5.41) is 9.05. The van der Waals surface area contributed by atoms with E-state index in [1.165, 1.54) is 38.1 Å². The van der Waals surface area contributed by atoms with Crippen LogP contribution >= 0.6 is 0 Å². The van der Waals surface area contributed by atoms with Crippen molar-refractivity contribution < 1.29 is 13.9 Å². The molecule has 1 unspecified atom stereocenters. The van der Waals surface area contributed by atoms with Crippen LogP contribution in [0.1, 0.15) is 25.3 Å². The van der Waals surface area contributed by atoms with E-state index in [0.717, 1.165) is 0 Å². The fourth-order valence-corrected chi connectivity index (χ4v) is 1.41. The molecule has 0 radical (unpaired) electrons. The lowest BCUT2D eigenvalue weighted by Gasteiger charge is -2.25. The van der Waals surface area contributed by atoms with Crippen molar-refractivity contribution in [3.63, 3.8) is 0 Å². The lowest BCUT2D eigenvalue weighted by molar-refractivity contribution is 0.119. The van der Waals surface area contributed by atoms with Crippen molar-refractivity contribution in [3.8, 4) is 0 Å². The Labute approximate surface area is 82.4 Å². The lowest BCUT2D eigenvalue weighted by Crippen LogP contribution is -2.26. The van der Waals surface area contributed by atoms with Crippen LogP contribution in [0.5, 0.6) is 0 Å². The van der Waals surface area contributed by atoms with E-state index in [2.05, 4.69) is 0 Å². The third kappa shape index (κ3) is 2.51. The van der Waals surface area contributed by atoms with Gasteiger partial charge in [-0.2, -0.15) is 0 Å². The van der Waals surface area contributed by atoms with Crippen LogP contribution in [0.3, 0.4) is 0 Å². The van der Waals surface area contributed by atoms with Crippen LogP contribution < -0.4 is 0 Å². The van der Waals surface area contributed by atoms with Gasteiger partial charge in [-0.1, -0.05) is 12.1 Å². The van der Waals surface area contributed by atoms with Gasteiger partial charge in [0.25, 0.3) is 0 Å². The summed E-state index contributed by atoms with van der Waals surface area (Å²) in [5.74, 6) is -0.967. The number of alkyl halides is 1. The van der Waals surface area contributed by atoms with Gasteiger partial charge in [0.2, 0.25) is 0 Å². The number of benzene rings is 1. The van der Waals surface area contributed by atoms with Gasteiger partial charge in [-0.3, -0.25) is 0 Å². The molecule has 0 spiro atoms. The molecule has 0 heterocycles. The van der Waals surface area contributed by atoms with E-state index in [0.29, 0.717) is 5.56 Å². The van der Waals surface area contributed by atoms with Crippen molar-refractivity contribution in [2.24, 2.45) is 0 Å². The molecule has 1 atom stereocenters. The van der Waals surface area contributed by atoms with Crippen molar-refractivity contribution in [1.29, 1.82) is 0 Å². The van der Waals surface area contributed by atoms with Gasteiger partial charge in [-0.15, -0.1) is 0 Å². The first kappa shape index (κ1) is 11.1. The number of hydrogen-bond donors (Lipinski definition) is 1. The van der Waals surface area contributed by atoms with Gasteiger partial charge in [-0.05, 0) is 31.5 Å². The zero-order valence-electron chi connectivity index (χ0n) is 8.30. The third-order valence-corrected chi connectivity index (χ3v) is 2.28. The van der Waals surface area contributed by atoms with Crippen LogP contribution in [-0.2, 0) is 0 Å². The van der Waals surface area contributed by atoms with E-state index in [4.69, 9.17) is 5.11 Å². The van der Waals surface area contributed by atoms with Crippen LogP contribution in [0.15, 0.2) is 24.3 Å². The Bertz CT molecular complexity index is 287. The summed E-state index contributed by atoms with van der Waals surface area (Å²) in [6, 6.07) is 5.53. The molecule has 1 aromatic rings. The van der Waals surface area contributed by atoms with Gasteiger partial charge < -0.3 is 5.11 Å². The van der Waals surface area contributed by atoms with E-state index in [1.54, 1.807) is 0 Å². The quantitative estimate of drug-likeness (QED) is 0.795. The number of rotatable bonds is 3. The normalized spacial score (nSPS) is 14.1. The van der Waals surface area contributed by atoms with Crippen LogP contribution in [-0.4, -0.2) is 17.4 Å². The van der Waals surface area contributed by atoms with Gasteiger partial charge >= 0.3 is 0 Å². The summed E-state index contributed by atoms with van der Waals surface area (Å²) < 4.78 is 26.2. The molecule has 0 amide bonds. The molecule has 78 valence electrons. The molecule has 1 N–H and O–H groups in total. The Hall–Kier alpha value is -0.960. The summed E-state index contributed by atoms with van der Waals surface area (Å²) in [7, 11) is 0. The predicted octanol–water partition coefficient (Wildman–Crippen LogP) is 2.65. The van der Waals surface area contributed by atoms with E-state index >= 15 is 0 Å². The van der Waals surface area contributed by atoms with Gasteiger partial charge in [0, 0.05) is 5.92 Å². The Morgan fingerprint density at radius 1 is 1.29 bits per heavy atom. The average molecular weight is 200 g/mol. The standard InChI is InChI=1S/C11H14F2O/c1-11(2,13)10(7-14)8-3-5-9(12)6-4-8/h3-6,10,14H,7H2,1-2H3. The van der Waals surface area contributed by atoms with Crippen LogP contribution in [0.2, 0.25) is 0 Å². The molecule has 0 bridgehead atoms. The fraction of sp³-hybridized carbons (Fsp3) is 0.455. The second-order valence-corrected chi connectivity index (χ2v) is 3.85. The van der Waals surface area contributed by atoms with Gasteiger partial charge in [-0.25, -0.2) is 8.78 Å². The van der Waals surface area contributed by atoms with Crippen molar-refractivity contribution in [2.45, 2.75) is 25.4 Å². The smallest absolute Gasteiger partial charge is 0.123 e. The van der Waals surface area contributed by atoms with Crippen molar-refractivity contribution in [1.82, 2.24) is 0 Å². The predicted molar refractivity (Wildman–Crippen MR) is 51.4 cm³/mol. The maximum Gasteiger partial charge on any atom is 0.123 e. The first-order valence-corrected chi connectivity index (χ1v) is 4.50. The highest BCUT2D eigenvalue weighted by atomic mass is 19.1. The summed E-state index contributed by atoms with van der Waals surface area (Å²) in [4.78, 5) is 0. The van der Waals surface area contributed by atoms with Crippen LogP contribution in [0.25, 0.3) is 0 Å². The second-order valence-electron chi connectivity index (χ2n) is 3.85. The van der Waals surface area contributed by atoms with Crippen molar-refractivity contribution in [3.05, 3.63) is 35.6 Å². The second kappa shape index (κ2) is 4.05. The lowest BCUT2D eigenvalue weighted by atomic mass is 9.87. The molecule has 0 aliphatic carbocycles. The first-order chi connectivity index (χ1) is 6.45. The van der Waals surface area contributed by atoms with Crippen LogP contribution in [0.4, 0.5) is 8.78 Å². The molecular formula is C11H14F2O. The maximum absolute atomic E-state index is 13.6. The first-order valence-electron chi connectivity index (χ1n) is 4.50.